The first kappa shape index (κ1) is 33.5. The fourth-order valence-corrected chi connectivity index (χ4v) is 10.0. The van der Waals surface area contributed by atoms with Crippen molar-refractivity contribution in [2.75, 3.05) is 9.80 Å². The fourth-order valence-electron chi connectivity index (χ4n) is 10.0. The standard InChI is InChI=1S/C61H45N3/c1-61(2)56-29-14-12-24-51(56)52-38-36-48(41-57(52)61)62(43-18-6-3-7-19-43)46-34-32-42(33-35-46)49-26-16-28-53-50(49)27-17-31-58(53)63(44-20-8-4-9-21-44)47-37-39-60-55(40-47)54-25-13-15-30-59(54)64(60)45-22-10-5-11-23-45/h3-41H,1-2H3/i32D,33D,34D,35D. The van der Waals surface area contributed by atoms with E-state index in [1.165, 1.54) is 11.1 Å². The highest BCUT2D eigenvalue weighted by atomic mass is 15.1. The number of anilines is 6. The van der Waals surface area contributed by atoms with E-state index in [9.17, 15) is 5.48 Å². The Bertz CT molecular complexity index is 3740. The van der Waals surface area contributed by atoms with Crippen molar-refractivity contribution < 1.29 is 5.48 Å². The number of rotatable bonds is 8. The van der Waals surface area contributed by atoms with Crippen LogP contribution in [0.15, 0.2) is 236 Å². The van der Waals surface area contributed by atoms with Gasteiger partial charge in [-0.1, -0.05) is 159 Å². The summed E-state index contributed by atoms with van der Waals surface area (Å²) in [4.78, 5) is 4.16. The van der Waals surface area contributed by atoms with Crippen molar-refractivity contribution in [3.8, 4) is 27.9 Å². The van der Waals surface area contributed by atoms with Crippen LogP contribution in [0.4, 0.5) is 34.1 Å². The fraction of sp³-hybridized carbons (Fsp3) is 0.0492. The molecule has 0 atom stereocenters. The molecule has 0 radical (unpaired) electrons. The van der Waals surface area contributed by atoms with Crippen LogP contribution in [0.2, 0.25) is 0 Å². The van der Waals surface area contributed by atoms with Crippen LogP contribution in [-0.2, 0) is 5.41 Å². The third-order valence-electron chi connectivity index (χ3n) is 13.0. The zero-order valence-corrected chi connectivity index (χ0v) is 35.5. The molecule has 0 spiro atoms. The molecule has 1 aliphatic carbocycles. The van der Waals surface area contributed by atoms with Crippen LogP contribution in [-0.4, -0.2) is 4.57 Å². The highest BCUT2D eigenvalue weighted by Gasteiger charge is 2.35. The van der Waals surface area contributed by atoms with E-state index in [0.29, 0.717) is 5.56 Å². The molecule has 0 unspecified atom stereocenters. The minimum atomic E-state index is -0.276. The molecule has 1 heterocycles. The maximum atomic E-state index is 9.77. The van der Waals surface area contributed by atoms with Crippen LogP contribution < -0.4 is 9.80 Å². The SMILES string of the molecule is [2H]c1c([2H])c(N(c2ccccc2)c2ccc3c(c2)C(C)(C)c2ccccc2-3)c([2H])c([2H])c1-c1cccc2c(N(c3ccccc3)c3ccc4c(c3)c3ccccc3n4-c3ccccc3)cccc12. The predicted molar refractivity (Wildman–Crippen MR) is 271 cm³/mol. The maximum Gasteiger partial charge on any atom is 0.0645 e. The zero-order chi connectivity index (χ0) is 46.3. The van der Waals surface area contributed by atoms with Gasteiger partial charge in [-0.05, 0) is 130 Å². The largest absolute Gasteiger partial charge is 0.310 e. The van der Waals surface area contributed by atoms with Crippen molar-refractivity contribution in [3.63, 3.8) is 0 Å². The van der Waals surface area contributed by atoms with Gasteiger partial charge in [-0.3, -0.25) is 0 Å². The van der Waals surface area contributed by atoms with Crippen LogP contribution in [0, 0.1) is 0 Å². The highest BCUT2D eigenvalue weighted by Crippen LogP contribution is 2.51. The molecule has 3 nitrogen and oxygen atoms in total. The van der Waals surface area contributed by atoms with E-state index in [1.54, 1.807) is 0 Å². The lowest BCUT2D eigenvalue weighted by molar-refractivity contribution is 0.660. The Morgan fingerprint density at radius 1 is 0.375 bits per heavy atom. The summed E-state index contributed by atoms with van der Waals surface area (Å²) in [6.45, 7) is 4.47. The summed E-state index contributed by atoms with van der Waals surface area (Å²) >= 11 is 0. The van der Waals surface area contributed by atoms with E-state index >= 15 is 0 Å². The maximum absolute atomic E-state index is 9.77. The lowest BCUT2D eigenvalue weighted by Gasteiger charge is -2.28. The number of para-hydroxylation sites is 4. The van der Waals surface area contributed by atoms with Crippen LogP contribution in [0.3, 0.4) is 0 Å². The first-order valence-corrected chi connectivity index (χ1v) is 21.9. The monoisotopic (exact) mass is 823 g/mol. The number of hydrogen-bond acceptors (Lipinski definition) is 2. The summed E-state index contributed by atoms with van der Waals surface area (Å²) in [7, 11) is 0. The molecule has 0 bridgehead atoms. The van der Waals surface area contributed by atoms with Gasteiger partial charge in [0.25, 0.3) is 0 Å². The minimum Gasteiger partial charge on any atom is -0.310 e. The van der Waals surface area contributed by atoms with E-state index in [0.717, 1.165) is 77.8 Å². The molecule has 0 saturated carbocycles. The van der Waals surface area contributed by atoms with Gasteiger partial charge < -0.3 is 14.4 Å². The molecule has 304 valence electrons. The average molecular weight is 824 g/mol. The average Bonchev–Trinajstić information content (AvgIpc) is 3.83. The van der Waals surface area contributed by atoms with Crippen molar-refractivity contribution in [3.05, 3.63) is 248 Å². The Balaban J connectivity index is 1.02. The van der Waals surface area contributed by atoms with E-state index < -0.39 is 0 Å². The van der Waals surface area contributed by atoms with Gasteiger partial charge in [0.15, 0.2) is 0 Å². The predicted octanol–water partition coefficient (Wildman–Crippen LogP) is 16.8. The second kappa shape index (κ2) is 15.0. The van der Waals surface area contributed by atoms with Crippen LogP contribution >= 0.6 is 0 Å². The number of fused-ring (bicyclic) bond motifs is 7. The Morgan fingerprint density at radius 3 is 1.72 bits per heavy atom. The van der Waals surface area contributed by atoms with Crippen molar-refractivity contribution in [2.24, 2.45) is 0 Å². The number of hydrogen-bond donors (Lipinski definition) is 0. The normalized spacial score (nSPS) is 13.5. The van der Waals surface area contributed by atoms with Crippen LogP contribution in [0.5, 0.6) is 0 Å². The molecule has 12 rings (SSSR count). The van der Waals surface area contributed by atoms with Gasteiger partial charge in [-0.25, -0.2) is 0 Å². The lowest BCUT2D eigenvalue weighted by atomic mass is 9.82. The molecule has 1 aromatic heterocycles. The van der Waals surface area contributed by atoms with Crippen molar-refractivity contribution in [2.45, 2.75) is 19.3 Å². The molecule has 1 aliphatic rings. The van der Waals surface area contributed by atoms with E-state index in [4.69, 9.17) is 0 Å². The molecule has 11 aromatic rings. The molecular weight excluding hydrogens is 775 g/mol. The van der Waals surface area contributed by atoms with Crippen molar-refractivity contribution in [1.82, 2.24) is 4.57 Å². The van der Waals surface area contributed by atoms with Gasteiger partial charge in [-0.2, -0.15) is 0 Å². The topological polar surface area (TPSA) is 11.4 Å². The van der Waals surface area contributed by atoms with Gasteiger partial charge in [0.05, 0.1) is 22.2 Å². The Labute approximate surface area is 380 Å². The zero-order valence-electron chi connectivity index (χ0n) is 39.5. The number of aromatic nitrogens is 1. The third kappa shape index (κ3) is 6.04. The summed E-state index contributed by atoms with van der Waals surface area (Å²) in [6.07, 6.45) is 0. The first-order valence-electron chi connectivity index (χ1n) is 23.9. The molecule has 0 fully saturated rings. The summed E-state index contributed by atoms with van der Waals surface area (Å²) in [5.74, 6) is 0. The summed E-state index contributed by atoms with van der Waals surface area (Å²) in [5.41, 5.74) is 13.3. The van der Waals surface area contributed by atoms with Gasteiger partial charge in [-0.15, -0.1) is 0 Å². The second-order valence-electron chi connectivity index (χ2n) is 17.0. The van der Waals surface area contributed by atoms with Gasteiger partial charge in [0.1, 0.15) is 0 Å². The molecule has 64 heavy (non-hydrogen) atoms. The van der Waals surface area contributed by atoms with Gasteiger partial charge in [0, 0.05) is 55.7 Å². The molecule has 0 saturated heterocycles. The molecular formula is C61H45N3. The van der Waals surface area contributed by atoms with Gasteiger partial charge in [0.2, 0.25) is 0 Å². The van der Waals surface area contributed by atoms with Crippen molar-refractivity contribution >= 4 is 66.7 Å². The number of benzene rings is 10. The second-order valence-corrected chi connectivity index (χ2v) is 17.0. The Morgan fingerprint density at radius 2 is 0.938 bits per heavy atom. The van der Waals surface area contributed by atoms with Crippen molar-refractivity contribution in [1.29, 1.82) is 0 Å². The summed E-state index contributed by atoms with van der Waals surface area (Å²) in [6, 6.07) is 72.2. The highest BCUT2D eigenvalue weighted by molar-refractivity contribution is 6.12. The van der Waals surface area contributed by atoms with Crippen LogP contribution in [0.25, 0.3) is 60.5 Å². The number of nitrogens with zero attached hydrogens (tertiary/aromatic N) is 3. The lowest BCUT2D eigenvalue weighted by Crippen LogP contribution is -2.16. The van der Waals surface area contributed by atoms with E-state index in [-0.39, 0.29) is 40.8 Å². The van der Waals surface area contributed by atoms with E-state index in [1.807, 2.05) is 89.8 Å². The molecule has 0 N–H and O–H groups in total. The van der Waals surface area contributed by atoms with E-state index in [2.05, 4.69) is 151 Å². The summed E-state index contributed by atoms with van der Waals surface area (Å²) in [5, 5.41) is 4.02. The van der Waals surface area contributed by atoms with Gasteiger partial charge >= 0.3 is 0 Å². The quantitative estimate of drug-likeness (QED) is 0.151. The van der Waals surface area contributed by atoms with Crippen LogP contribution in [0.1, 0.15) is 30.5 Å². The third-order valence-corrected chi connectivity index (χ3v) is 13.0. The first-order chi connectivity index (χ1) is 33.2. The molecule has 0 aliphatic heterocycles. The molecule has 10 aromatic carbocycles. The smallest absolute Gasteiger partial charge is 0.0645 e. The molecule has 0 amide bonds. The Kier molecular flexibility index (Phi) is 7.87. The summed E-state index contributed by atoms with van der Waals surface area (Å²) < 4.78 is 41.4. The minimum absolute atomic E-state index is 0.103. The molecule has 3 heteroatoms. The Hall–Kier alpha value is -8.14.